The lowest BCUT2D eigenvalue weighted by atomic mass is 10.1. The molecule has 0 spiro atoms. The van der Waals surface area contributed by atoms with Gasteiger partial charge in [0, 0.05) is 23.7 Å². The van der Waals surface area contributed by atoms with Crippen molar-refractivity contribution in [1.82, 2.24) is 10.2 Å². The Balaban J connectivity index is 1.97. The van der Waals surface area contributed by atoms with Crippen LogP contribution in [0.15, 0.2) is 42.5 Å². The van der Waals surface area contributed by atoms with Gasteiger partial charge in [0.1, 0.15) is 25.8 Å². The third-order valence-corrected chi connectivity index (χ3v) is 7.87. The molecule has 37 heavy (non-hydrogen) atoms. The molecule has 0 saturated heterocycles. The zero-order valence-electron chi connectivity index (χ0n) is 21.6. The number of halogens is 1. The summed E-state index contributed by atoms with van der Waals surface area (Å²) in [6, 6.07) is 10.8. The fourth-order valence-electron chi connectivity index (χ4n) is 3.99. The molecule has 3 rings (SSSR count). The molecule has 0 radical (unpaired) electrons. The van der Waals surface area contributed by atoms with Gasteiger partial charge in [0.05, 0.1) is 11.4 Å². The Morgan fingerprint density at radius 1 is 1.03 bits per heavy atom. The van der Waals surface area contributed by atoms with Gasteiger partial charge in [-0.2, -0.15) is 0 Å². The molecule has 0 saturated carbocycles. The Hall–Kier alpha value is -2.98. The zero-order chi connectivity index (χ0) is 27.2. The number of fused-ring (bicyclic) bond motifs is 1. The topological polar surface area (TPSA) is 105 Å². The first-order chi connectivity index (χ1) is 17.6. The number of ether oxygens (including phenoxy) is 2. The summed E-state index contributed by atoms with van der Waals surface area (Å²) in [6.45, 7) is 7.39. The monoisotopic (exact) mass is 551 g/mol. The van der Waals surface area contributed by atoms with E-state index in [9.17, 15) is 18.0 Å². The fraction of sp³-hybridized carbons (Fsp3) is 0.462. The highest BCUT2D eigenvalue weighted by molar-refractivity contribution is 7.92. The van der Waals surface area contributed by atoms with Crippen LogP contribution in [-0.4, -0.2) is 62.7 Å². The van der Waals surface area contributed by atoms with Gasteiger partial charge in [0.15, 0.2) is 11.5 Å². The van der Waals surface area contributed by atoms with Crippen LogP contribution in [0.25, 0.3) is 0 Å². The summed E-state index contributed by atoms with van der Waals surface area (Å²) in [6.07, 6.45) is 0.350. The van der Waals surface area contributed by atoms with Gasteiger partial charge in [-0.3, -0.25) is 13.9 Å². The van der Waals surface area contributed by atoms with Crippen LogP contribution in [0.5, 0.6) is 11.5 Å². The maximum Gasteiger partial charge on any atom is 0.244 e. The van der Waals surface area contributed by atoms with Crippen LogP contribution in [-0.2, 0) is 26.2 Å². The normalized spacial score (nSPS) is 13.7. The van der Waals surface area contributed by atoms with Crippen molar-refractivity contribution >= 4 is 39.1 Å². The average Bonchev–Trinajstić information content (AvgIpc) is 2.87. The minimum absolute atomic E-state index is 0.112. The van der Waals surface area contributed by atoms with E-state index in [-0.39, 0.29) is 29.9 Å². The summed E-state index contributed by atoms with van der Waals surface area (Å²) in [5.41, 5.74) is 1.04. The molecule has 2 aromatic rings. The van der Waals surface area contributed by atoms with Crippen LogP contribution in [0.4, 0.5) is 5.69 Å². The van der Waals surface area contributed by atoms with Crippen LogP contribution in [0.1, 0.15) is 39.7 Å². The molecule has 9 nitrogen and oxygen atoms in total. The third-order valence-electron chi connectivity index (χ3n) is 5.88. The molecule has 1 aliphatic heterocycles. The minimum atomic E-state index is -3.85. The lowest BCUT2D eigenvalue weighted by Crippen LogP contribution is -2.53. The van der Waals surface area contributed by atoms with Crippen molar-refractivity contribution < 1.29 is 27.5 Å². The fourth-order valence-corrected chi connectivity index (χ4v) is 5.17. The molecule has 0 fully saturated rings. The Kier molecular flexibility index (Phi) is 9.67. The molecule has 1 atom stereocenters. The van der Waals surface area contributed by atoms with Gasteiger partial charge in [-0.15, -0.1) is 0 Å². The summed E-state index contributed by atoms with van der Waals surface area (Å²) in [4.78, 5) is 28.3. The second kappa shape index (κ2) is 12.5. The Labute approximate surface area is 223 Å². The molecule has 1 unspecified atom stereocenters. The van der Waals surface area contributed by atoms with E-state index < -0.39 is 28.5 Å². The van der Waals surface area contributed by atoms with Crippen molar-refractivity contribution in [1.29, 1.82) is 0 Å². The molecule has 0 bridgehead atoms. The highest BCUT2D eigenvalue weighted by Crippen LogP contribution is 2.35. The number of nitrogens with one attached hydrogen (secondary N) is 1. The predicted molar refractivity (Wildman–Crippen MR) is 144 cm³/mol. The van der Waals surface area contributed by atoms with E-state index in [0.717, 1.165) is 9.87 Å². The zero-order valence-corrected chi connectivity index (χ0v) is 23.1. The van der Waals surface area contributed by atoms with E-state index in [1.54, 1.807) is 42.5 Å². The van der Waals surface area contributed by atoms with Crippen LogP contribution in [0.3, 0.4) is 0 Å². The van der Waals surface area contributed by atoms with E-state index in [1.807, 2.05) is 20.8 Å². The Morgan fingerprint density at radius 3 is 2.27 bits per heavy atom. The van der Waals surface area contributed by atoms with Crippen LogP contribution in [0.2, 0.25) is 5.02 Å². The number of hydrogen-bond donors (Lipinski definition) is 1. The second-order valence-corrected chi connectivity index (χ2v) is 11.6. The quantitative estimate of drug-likeness (QED) is 0.457. The summed E-state index contributed by atoms with van der Waals surface area (Å²) in [7, 11) is -3.85. The number of benzene rings is 2. The van der Waals surface area contributed by atoms with Gasteiger partial charge in [-0.1, -0.05) is 30.7 Å². The van der Waals surface area contributed by atoms with Gasteiger partial charge < -0.3 is 19.7 Å². The molecule has 1 N–H and O–H groups in total. The molecule has 1 aliphatic rings. The van der Waals surface area contributed by atoms with Crippen molar-refractivity contribution in [2.24, 2.45) is 0 Å². The van der Waals surface area contributed by atoms with Crippen LogP contribution >= 0.6 is 11.6 Å². The van der Waals surface area contributed by atoms with Gasteiger partial charge in [0.25, 0.3) is 0 Å². The van der Waals surface area contributed by atoms with Crippen LogP contribution < -0.4 is 19.1 Å². The second-order valence-electron chi connectivity index (χ2n) is 8.97. The maximum atomic E-state index is 13.8. The van der Waals surface area contributed by atoms with Crippen molar-refractivity contribution in [3.05, 3.63) is 53.1 Å². The molecule has 202 valence electrons. The van der Waals surface area contributed by atoms with Gasteiger partial charge >= 0.3 is 0 Å². The number of nitrogens with zero attached hydrogens (tertiary/aromatic N) is 2. The van der Waals surface area contributed by atoms with Crippen molar-refractivity contribution in [2.75, 3.05) is 29.8 Å². The number of sulfonamides is 1. The van der Waals surface area contributed by atoms with Gasteiger partial charge in [0.2, 0.25) is 21.8 Å². The smallest absolute Gasteiger partial charge is 0.244 e. The largest absolute Gasteiger partial charge is 0.486 e. The van der Waals surface area contributed by atoms with E-state index in [1.165, 1.54) is 11.8 Å². The standard InChI is InChI=1S/C26H34ClN3O6S/c1-5-22(26(32)28-18(3)4)29(16-19-7-9-20(27)10-8-19)25(31)17-30(37(33,34)6-2)21-11-12-23-24(15-21)36-14-13-35-23/h7-12,15,18,22H,5-6,13-14,16-17H2,1-4H3,(H,28,32). The predicted octanol–water partition coefficient (Wildman–Crippen LogP) is 3.60. The molecular formula is C26H34ClN3O6S. The highest BCUT2D eigenvalue weighted by Gasteiger charge is 2.33. The SMILES string of the molecule is CCC(C(=O)NC(C)C)N(Cc1ccc(Cl)cc1)C(=O)CN(c1ccc2c(c1)OCCO2)S(=O)(=O)CC. The summed E-state index contributed by atoms with van der Waals surface area (Å²) >= 11 is 6.02. The minimum Gasteiger partial charge on any atom is -0.486 e. The molecular weight excluding hydrogens is 518 g/mol. The summed E-state index contributed by atoms with van der Waals surface area (Å²) < 4.78 is 38.5. The summed E-state index contributed by atoms with van der Waals surface area (Å²) in [5.74, 6) is -0.0994. The van der Waals surface area contributed by atoms with Crippen LogP contribution in [0, 0.1) is 0 Å². The van der Waals surface area contributed by atoms with E-state index >= 15 is 0 Å². The molecule has 2 aromatic carbocycles. The molecule has 0 aromatic heterocycles. The van der Waals surface area contributed by atoms with Crippen molar-refractivity contribution in [3.8, 4) is 11.5 Å². The van der Waals surface area contributed by atoms with E-state index in [0.29, 0.717) is 36.2 Å². The lowest BCUT2D eigenvalue weighted by Gasteiger charge is -2.33. The van der Waals surface area contributed by atoms with Crippen molar-refractivity contribution in [3.63, 3.8) is 0 Å². The number of carbonyl (C=O) groups excluding carboxylic acids is 2. The Morgan fingerprint density at radius 2 is 1.68 bits per heavy atom. The van der Waals surface area contributed by atoms with Gasteiger partial charge in [-0.05, 0) is 57.0 Å². The highest BCUT2D eigenvalue weighted by atomic mass is 35.5. The maximum absolute atomic E-state index is 13.8. The molecule has 11 heteroatoms. The number of anilines is 1. The summed E-state index contributed by atoms with van der Waals surface area (Å²) in [5, 5.41) is 3.41. The van der Waals surface area contributed by atoms with Gasteiger partial charge in [-0.25, -0.2) is 8.42 Å². The number of hydrogen-bond acceptors (Lipinski definition) is 6. The number of rotatable bonds is 11. The first-order valence-electron chi connectivity index (χ1n) is 12.3. The lowest BCUT2D eigenvalue weighted by molar-refractivity contribution is -0.140. The number of carbonyl (C=O) groups is 2. The van der Waals surface area contributed by atoms with E-state index in [4.69, 9.17) is 21.1 Å². The molecule has 0 aliphatic carbocycles. The Bertz CT molecular complexity index is 1200. The molecule has 1 heterocycles. The molecule has 2 amide bonds. The van der Waals surface area contributed by atoms with E-state index in [2.05, 4.69) is 5.32 Å². The number of amides is 2. The third kappa shape index (κ3) is 7.29. The average molecular weight is 552 g/mol. The van der Waals surface area contributed by atoms with Crippen molar-refractivity contribution in [2.45, 2.75) is 52.7 Å². The first kappa shape index (κ1) is 28.6. The first-order valence-corrected chi connectivity index (χ1v) is 14.3.